The molecule has 104 valence electrons. The number of aromatic nitrogens is 2. The van der Waals surface area contributed by atoms with Crippen LogP contribution in [0.1, 0.15) is 10.5 Å². The number of rotatable bonds is 4. The number of methoxy groups -OCH3 is 1. The third kappa shape index (κ3) is 2.23. The molecule has 2 aromatic rings. The zero-order valence-electron chi connectivity index (χ0n) is 10.2. The predicted octanol–water partition coefficient (Wildman–Crippen LogP) is 1.19. The lowest BCUT2D eigenvalue weighted by molar-refractivity contribution is -0.384. The molecule has 0 atom stereocenters. The lowest BCUT2D eigenvalue weighted by Gasteiger charge is -2.07. The van der Waals surface area contributed by atoms with E-state index in [9.17, 15) is 20.0 Å². The molecule has 1 heterocycles. The van der Waals surface area contributed by atoms with Crippen molar-refractivity contribution in [3.8, 4) is 17.2 Å². The van der Waals surface area contributed by atoms with Crippen molar-refractivity contribution in [1.82, 2.24) is 9.78 Å². The van der Waals surface area contributed by atoms with Gasteiger partial charge >= 0.3 is 5.97 Å². The molecule has 0 unspecified atom stereocenters. The van der Waals surface area contributed by atoms with E-state index in [1.165, 1.54) is 25.3 Å². The number of nitrogens with zero attached hydrogens (tertiary/aromatic N) is 3. The van der Waals surface area contributed by atoms with E-state index in [2.05, 4.69) is 5.10 Å². The monoisotopic (exact) mass is 279 g/mol. The van der Waals surface area contributed by atoms with E-state index >= 15 is 0 Å². The highest BCUT2D eigenvalue weighted by Gasteiger charge is 2.19. The van der Waals surface area contributed by atoms with Gasteiger partial charge in [0.15, 0.2) is 11.5 Å². The van der Waals surface area contributed by atoms with Gasteiger partial charge in [-0.3, -0.25) is 10.1 Å². The van der Waals surface area contributed by atoms with Crippen molar-refractivity contribution >= 4 is 11.7 Å². The number of nitro benzene ring substituents is 1. The van der Waals surface area contributed by atoms with E-state index < -0.39 is 22.3 Å². The molecule has 0 radical (unpaired) electrons. The third-order valence-electron chi connectivity index (χ3n) is 2.52. The second-order valence-electron chi connectivity index (χ2n) is 3.73. The number of carbonyl (C=O) groups is 1. The molecule has 20 heavy (non-hydrogen) atoms. The highest BCUT2D eigenvalue weighted by atomic mass is 16.6. The van der Waals surface area contributed by atoms with Crippen LogP contribution in [0.5, 0.6) is 11.5 Å². The molecule has 0 aliphatic rings. The Morgan fingerprint density at radius 2 is 2.20 bits per heavy atom. The number of ether oxygens (including phenoxy) is 1. The molecule has 9 heteroatoms. The first kappa shape index (κ1) is 13.3. The Morgan fingerprint density at radius 3 is 2.70 bits per heavy atom. The maximum absolute atomic E-state index is 10.8. The van der Waals surface area contributed by atoms with Gasteiger partial charge in [-0.15, -0.1) is 0 Å². The fourth-order valence-corrected chi connectivity index (χ4v) is 1.61. The summed E-state index contributed by atoms with van der Waals surface area (Å²) in [6, 6.07) is 3.74. The van der Waals surface area contributed by atoms with Gasteiger partial charge in [0.2, 0.25) is 5.69 Å². The minimum Gasteiger partial charge on any atom is -0.504 e. The van der Waals surface area contributed by atoms with Crippen LogP contribution in [0, 0.1) is 10.1 Å². The molecule has 2 N–H and O–H groups in total. The second-order valence-corrected chi connectivity index (χ2v) is 3.73. The van der Waals surface area contributed by atoms with Gasteiger partial charge in [-0.2, -0.15) is 5.10 Å². The molecule has 1 aromatic carbocycles. The molecule has 1 aromatic heterocycles. The Morgan fingerprint density at radius 1 is 1.50 bits per heavy atom. The normalized spacial score (nSPS) is 10.2. The van der Waals surface area contributed by atoms with E-state index in [4.69, 9.17) is 9.84 Å². The standard InChI is InChI=1S/C11H9N3O6/c1-20-9-4-6(14(18)19)2-3-7(9)13-5-8(15)10(12-13)11(16)17/h2-5,15H,1H3,(H,16,17). The zero-order valence-corrected chi connectivity index (χ0v) is 10.2. The van der Waals surface area contributed by atoms with E-state index in [-0.39, 0.29) is 17.1 Å². The molecule has 0 fully saturated rings. The summed E-state index contributed by atoms with van der Waals surface area (Å²) in [6.07, 6.45) is 1.08. The first-order valence-corrected chi connectivity index (χ1v) is 5.28. The summed E-state index contributed by atoms with van der Waals surface area (Å²) in [5.74, 6) is -1.78. The molecule has 2 rings (SSSR count). The smallest absolute Gasteiger partial charge is 0.360 e. The average Bonchev–Trinajstić information content (AvgIpc) is 2.80. The Balaban J connectivity index is 2.55. The number of hydrogen-bond acceptors (Lipinski definition) is 6. The summed E-state index contributed by atoms with van der Waals surface area (Å²) in [5, 5.41) is 32.6. The van der Waals surface area contributed by atoms with Crippen LogP contribution in [-0.4, -0.2) is 38.0 Å². The zero-order chi connectivity index (χ0) is 14.9. The maximum atomic E-state index is 10.8. The summed E-state index contributed by atoms with van der Waals surface area (Å²) in [6.45, 7) is 0. The number of carboxylic acid groups (broad SMARTS) is 1. The third-order valence-corrected chi connectivity index (χ3v) is 2.52. The molecule has 0 aliphatic heterocycles. The van der Waals surface area contributed by atoms with Gasteiger partial charge < -0.3 is 14.9 Å². The summed E-state index contributed by atoms with van der Waals surface area (Å²) < 4.78 is 6.08. The Hall–Kier alpha value is -3.10. The van der Waals surface area contributed by atoms with E-state index in [1.54, 1.807) is 0 Å². The number of carboxylic acids is 1. The largest absolute Gasteiger partial charge is 0.504 e. The molecule has 9 nitrogen and oxygen atoms in total. The van der Waals surface area contributed by atoms with Crippen LogP contribution < -0.4 is 4.74 Å². The Bertz CT molecular complexity index is 693. The van der Waals surface area contributed by atoms with Crippen molar-refractivity contribution in [2.75, 3.05) is 7.11 Å². The number of nitro groups is 1. The lowest BCUT2D eigenvalue weighted by atomic mass is 10.2. The number of aromatic carboxylic acids is 1. The van der Waals surface area contributed by atoms with Crippen molar-refractivity contribution in [3.05, 3.63) is 40.2 Å². The van der Waals surface area contributed by atoms with Gasteiger partial charge in [0, 0.05) is 6.07 Å². The van der Waals surface area contributed by atoms with Gasteiger partial charge in [0.25, 0.3) is 5.69 Å². The molecule has 0 amide bonds. The van der Waals surface area contributed by atoms with Crippen LogP contribution in [0.4, 0.5) is 5.69 Å². The number of hydrogen-bond donors (Lipinski definition) is 2. The van der Waals surface area contributed by atoms with E-state index in [0.717, 1.165) is 10.9 Å². The number of non-ortho nitro benzene ring substituents is 1. The summed E-state index contributed by atoms with van der Waals surface area (Å²) in [7, 11) is 1.31. The molecular weight excluding hydrogens is 270 g/mol. The van der Waals surface area contributed by atoms with E-state index in [1.807, 2.05) is 0 Å². The summed E-state index contributed by atoms with van der Waals surface area (Å²) in [5.41, 5.74) is -0.438. The van der Waals surface area contributed by atoms with Crippen LogP contribution in [0.25, 0.3) is 5.69 Å². The molecule has 0 spiro atoms. The van der Waals surface area contributed by atoms with Gasteiger partial charge in [-0.1, -0.05) is 0 Å². The van der Waals surface area contributed by atoms with Crippen molar-refractivity contribution in [2.24, 2.45) is 0 Å². The Labute approximate surface area is 111 Å². The maximum Gasteiger partial charge on any atom is 0.360 e. The minimum absolute atomic E-state index is 0.124. The lowest BCUT2D eigenvalue weighted by Crippen LogP contribution is -2.03. The highest BCUT2D eigenvalue weighted by Crippen LogP contribution is 2.29. The molecule has 0 saturated heterocycles. The van der Waals surface area contributed by atoms with Crippen molar-refractivity contribution in [1.29, 1.82) is 0 Å². The Kier molecular flexibility index (Phi) is 3.25. The van der Waals surface area contributed by atoms with Gasteiger partial charge in [0.1, 0.15) is 5.69 Å². The summed E-state index contributed by atoms with van der Waals surface area (Å²) >= 11 is 0. The van der Waals surface area contributed by atoms with Gasteiger partial charge in [-0.25, -0.2) is 9.48 Å². The van der Waals surface area contributed by atoms with Crippen LogP contribution in [0.3, 0.4) is 0 Å². The molecule has 0 bridgehead atoms. The number of benzene rings is 1. The number of aromatic hydroxyl groups is 1. The van der Waals surface area contributed by atoms with Gasteiger partial charge in [0.05, 0.1) is 24.3 Å². The van der Waals surface area contributed by atoms with Crippen LogP contribution in [-0.2, 0) is 0 Å². The average molecular weight is 279 g/mol. The van der Waals surface area contributed by atoms with Crippen LogP contribution in [0.2, 0.25) is 0 Å². The van der Waals surface area contributed by atoms with Crippen molar-refractivity contribution in [2.45, 2.75) is 0 Å². The minimum atomic E-state index is -1.39. The molecular formula is C11H9N3O6. The van der Waals surface area contributed by atoms with Gasteiger partial charge in [-0.05, 0) is 6.07 Å². The fraction of sp³-hybridized carbons (Fsp3) is 0.0909. The summed E-state index contributed by atoms with van der Waals surface area (Å²) in [4.78, 5) is 20.9. The quantitative estimate of drug-likeness (QED) is 0.635. The first-order chi connectivity index (χ1) is 9.43. The molecule has 0 aliphatic carbocycles. The topological polar surface area (TPSA) is 128 Å². The van der Waals surface area contributed by atoms with E-state index in [0.29, 0.717) is 0 Å². The second kappa shape index (κ2) is 4.88. The fourth-order valence-electron chi connectivity index (χ4n) is 1.61. The van der Waals surface area contributed by atoms with Crippen LogP contribution >= 0.6 is 0 Å². The predicted molar refractivity (Wildman–Crippen MR) is 65.4 cm³/mol. The van der Waals surface area contributed by atoms with Crippen molar-refractivity contribution < 1.29 is 24.7 Å². The first-order valence-electron chi connectivity index (χ1n) is 5.28. The highest BCUT2D eigenvalue weighted by molar-refractivity contribution is 5.88. The molecule has 0 saturated carbocycles. The SMILES string of the molecule is COc1cc([N+](=O)[O-])ccc1-n1cc(O)c(C(=O)O)n1. The van der Waals surface area contributed by atoms with Crippen LogP contribution in [0.15, 0.2) is 24.4 Å². The van der Waals surface area contributed by atoms with Crippen molar-refractivity contribution in [3.63, 3.8) is 0 Å².